The highest BCUT2D eigenvalue weighted by molar-refractivity contribution is 5.62. The van der Waals surface area contributed by atoms with Gasteiger partial charge >= 0.3 is 0 Å². The number of benzene rings is 1. The number of hydrogen-bond donors (Lipinski definition) is 2. The zero-order valence-corrected chi connectivity index (χ0v) is 10.8. The van der Waals surface area contributed by atoms with Crippen molar-refractivity contribution in [3.63, 3.8) is 0 Å². The number of anilines is 2. The van der Waals surface area contributed by atoms with Crippen molar-refractivity contribution in [1.82, 2.24) is 4.90 Å². The van der Waals surface area contributed by atoms with Crippen LogP contribution in [0.1, 0.15) is 25.3 Å². The predicted molar refractivity (Wildman–Crippen MR) is 74.3 cm³/mol. The van der Waals surface area contributed by atoms with Gasteiger partial charge in [-0.05, 0) is 37.6 Å². The molecule has 0 heterocycles. The highest BCUT2D eigenvalue weighted by atomic mass is 15.2. The van der Waals surface area contributed by atoms with Gasteiger partial charge in [0.2, 0.25) is 0 Å². The van der Waals surface area contributed by atoms with Crippen LogP contribution in [0.3, 0.4) is 0 Å². The van der Waals surface area contributed by atoms with Gasteiger partial charge in [-0.15, -0.1) is 0 Å². The molecule has 0 saturated heterocycles. The van der Waals surface area contributed by atoms with Gasteiger partial charge in [-0.1, -0.05) is 6.92 Å². The monoisotopic (exact) mass is 244 g/mol. The molecule has 18 heavy (non-hydrogen) atoms. The van der Waals surface area contributed by atoms with Crippen LogP contribution in [0.25, 0.3) is 0 Å². The van der Waals surface area contributed by atoms with Crippen LogP contribution in [-0.4, -0.2) is 30.6 Å². The van der Waals surface area contributed by atoms with Gasteiger partial charge in [-0.25, -0.2) is 0 Å². The third-order valence-corrected chi connectivity index (χ3v) is 3.35. The number of nitriles is 1. The Labute approximate surface area is 108 Å². The maximum Gasteiger partial charge on any atom is 0.101 e. The largest absolute Gasteiger partial charge is 0.399 e. The van der Waals surface area contributed by atoms with E-state index in [2.05, 4.69) is 23.2 Å². The molecule has 1 aliphatic carbocycles. The maximum absolute atomic E-state index is 9.04. The molecule has 0 bridgehead atoms. The first-order chi connectivity index (χ1) is 8.74. The Balaban J connectivity index is 1.88. The normalized spacial score (nSPS) is 14.5. The molecule has 2 rings (SSSR count). The first kappa shape index (κ1) is 12.7. The van der Waals surface area contributed by atoms with Crippen molar-refractivity contribution in [1.29, 1.82) is 5.26 Å². The number of likely N-dealkylation sites (N-methyl/N-ethyl adjacent to an activating group) is 1. The van der Waals surface area contributed by atoms with Gasteiger partial charge < -0.3 is 11.1 Å². The van der Waals surface area contributed by atoms with Crippen LogP contribution in [-0.2, 0) is 0 Å². The Bertz CT molecular complexity index is 446. The molecule has 0 unspecified atom stereocenters. The Morgan fingerprint density at radius 1 is 1.50 bits per heavy atom. The zero-order chi connectivity index (χ0) is 13.0. The minimum absolute atomic E-state index is 0.615. The van der Waals surface area contributed by atoms with Crippen LogP contribution in [0.15, 0.2) is 18.2 Å². The standard InChI is InChI=1S/C14H20N4/c1-2-18(13-4-5-13)8-7-17-14-6-3-12(16)9-11(14)10-15/h3,6,9,13,17H,2,4-5,7-8,16H2,1H3. The molecule has 1 aromatic rings. The third kappa shape index (κ3) is 3.14. The minimum atomic E-state index is 0.615. The van der Waals surface area contributed by atoms with E-state index in [0.717, 1.165) is 31.4 Å². The summed E-state index contributed by atoms with van der Waals surface area (Å²) in [5.41, 5.74) is 7.78. The molecule has 1 aromatic carbocycles. The van der Waals surface area contributed by atoms with E-state index in [-0.39, 0.29) is 0 Å². The summed E-state index contributed by atoms with van der Waals surface area (Å²) >= 11 is 0. The Hall–Kier alpha value is -1.73. The lowest BCUT2D eigenvalue weighted by molar-refractivity contribution is 0.289. The van der Waals surface area contributed by atoms with Gasteiger partial charge in [0.1, 0.15) is 6.07 Å². The Morgan fingerprint density at radius 2 is 2.28 bits per heavy atom. The highest BCUT2D eigenvalue weighted by Gasteiger charge is 2.27. The molecule has 1 fully saturated rings. The lowest BCUT2D eigenvalue weighted by atomic mass is 10.1. The molecule has 0 amide bonds. The summed E-state index contributed by atoms with van der Waals surface area (Å²) < 4.78 is 0. The quantitative estimate of drug-likeness (QED) is 0.752. The fraction of sp³-hybridized carbons (Fsp3) is 0.500. The summed E-state index contributed by atoms with van der Waals surface area (Å²) in [6.07, 6.45) is 2.66. The average molecular weight is 244 g/mol. The smallest absolute Gasteiger partial charge is 0.101 e. The fourth-order valence-electron chi connectivity index (χ4n) is 2.18. The van der Waals surface area contributed by atoms with E-state index in [1.807, 2.05) is 12.1 Å². The number of nitrogens with one attached hydrogen (secondary N) is 1. The summed E-state index contributed by atoms with van der Waals surface area (Å²) in [7, 11) is 0. The topological polar surface area (TPSA) is 65.1 Å². The van der Waals surface area contributed by atoms with Crippen molar-refractivity contribution in [3.05, 3.63) is 23.8 Å². The highest BCUT2D eigenvalue weighted by Crippen LogP contribution is 2.26. The molecule has 0 atom stereocenters. The lowest BCUT2D eigenvalue weighted by Gasteiger charge is -2.20. The first-order valence-corrected chi connectivity index (χ1v) is 6.52. The molecule has 1 aliphatic rings. The van der Waals surface area contributed by atoms with Crippen LogP contribution in [0.2, 0.25) is 0 Å². The van der Waals surface area contributed by atoms with Crippen molar-refractivity contribution < 1.29 is 0 Å². The van der Waals surface area contributed by atoms with Crippen molar-refractivity contribution >= 4 is 11.4 Å². The van der Waals surface area contributed by atoms with E-state index in [0.29, 0.717) is 11.3 Å². The summed E-state index contributed by atoms with van der Waals surface area (Å²) in [6.45, 7) is 5.18. The molecule has 96 valence electrons. The van der Waals surface area contributed by atoms with E-state index in [1.165, 1.54) is 12.8 Å². The van der Waals surface area contributed by atoms with Crippen LogP contribution >= 0.6 is 0 Å². The summed E-state index contributed by atoms with van der Waals surface area (Å²) in [6, 6.07) is 8.36. The van der Waals surface area contributed by atoms with Crippen LogP contribution in [0, 0.1) is 11.3 Å². The SMILES string of the molecule is CCN(CCNc1ccc(N)cc1C#N)C1CC1. The van der Waals surface area contributed by atoms with E-state index < -0.39 is 0 Å². The second-order valence-electron chi connectivity index (χ2n) is 4.70. The van der Waals surface area contributed by atoms with Gasteiger partial charge in [0.25, 0.3) is 0 Å². The summed E-state index contributed by atoms with van der Waals surface area (Å²) in [5, 5.41) is 12.4. The van der Waals surface area contributed by atoms with Gasteiger partial charge in [0, 0.05) is 24.8 Å². The maximum atomic E-state index is 9.04. The third-order valence-electron chi connectivity index (χ3n) is 3.35. The second-order valence-corrected chi connectivity index (χ2v) is 4.70. The fourth-order valence-corrected chi connectivity index (χ4v) is 2.18. The molecular formula is C14H20N4. The Kier molecular flexibility index (Phi) is 4.06. The van der Waals surface area contributed by atoms with Crippen molar-refractivity contribution in [3.8, 4) is 6.07 Å². The second kappa shape index (κ2) is 5.74. The molecule has 0 aromatic heterocycles. The van der Waals surface area contributed by atoms with Crippen molar-refractivity contribution in [2.45, 2.75) is 25.8 Å². The predicted octanol–water partition coefficient (Wildman–Crippen LogP) is 2.04. The molecule has 0 aliphatic heterocycles. The van der Waals surface area contributed by atoms with Gasteiger partial charge in [0.15, 0.2) is 0 Å². The van der Waals surface area contributed by atoms with Crippen LogP contribution in [0.5, 0.6) is 0 Å². The number of hydrogen-bond acceptors (Lipinski definition) is 4. The average Bonchev–Trinajstić information content (AvgIpc) is 3.20. The molecule has 3 N–H and O–H groups in total. The molecule has 0 radical (unpaired) electrons. The zero-order valence-electron chi connectivity index (χ0n) is 10.8. The number of nitrogens with zero attached hydrogens (tertiary/aromatic N) is 2. The summed E-state index contributed by atoms with van der Waals surface area (Å²) in [5.74, 6) is 0. The van der Waals surface area contributed by atoms with Gasteiger partial charge in [-0.2, -0.15) is 5.26 Å². The molecule has 4 nitrogen and oxygen atoms in total. The van der Waals surface area contributed by atoms with Gasteiger partial charge in [0.05, 0.1) is 11.3 Å². The molecule has 4 heteroatoms. The van der Waals surface area contributed by atoms with E-state index >= 15 is 0 Å². The van der Waals surface area contributed by atoms with Crippen LogP contribution < -0.4 is 11.1 Å². The van der Waals surface area contributed by atoms with E-state index in [1.54, 1.807) is 6.07 Å². The van der Waals surface area contributed by atoms with Gasteiger partial charge in [-0.3, -0.25) is 4.90 Å². The minimum Gasteiger partial charge on any atom is -0.399 e. The number of nitrogen functional groups attached to an aromatic ring is 1. The van der Waals surface area contributed by atoms with Crippen LogP contribution in [0.4, 0.5) is 11.4 Å². The molecule has 0 spiro atoms. The number of nitrogens with two attached hydrogens (primary N) is 1. The van der Waals surface area contributed by atoms with E-state index in [9.17, 15) is 0 Å². The first-order valence-electron chi connectivity index (χ1n) is 6.52. The summed E-state index contributed by atoms with van der Waals surface area (Å²) in [4.78, 5) is 2.48. The lowest BCUT2D eigenvalue weighted by Crippen LogP contribution is -2.31. The van der Waals surface area contributed by atoms with E-state index in [4.69, 9.17) is 11.0 Å². The molecular weight excluding hydrogens is 224 g/mol. The van der Waals surface area contributed by atoms with Crippen molar-refractivity contribution in [2.75, 3.05) is 30.7 Å². The Morgan fingerprint density at radius 3 is 2.89 bits per heavy atom. The number of rotatable bonds is 6. The van der Waals surface area contributed by atoms with Crippen molar-refractivity contribution in [2.24, 2.45) is 0 Å². The molecule has 1 saturated carbocycles.